The Morgan fingerprint density at radius 3 is 1.37 bits per heavy atom. The van der Waals surface area contributed by atoms with Gasteiger partial charge in [-0.15, -0.1) is 0 Å². The second kappa shape index (κ2) is 21.3. The number of rotatable bonds is 23. The number of unbranched alkanes of at least 4 members (excludes halogenated alkanes) is 1. The minimum Gasteiger partial charge on any atom is -0.382 e. The van der Waals surface area contributed by atoms with Gasteiger partial charge >= 0.3 is 0 Å². The van der Waals surface area contributed by atoms with Crippen LogP contribution in [0.3, 0.4) is 0 Å². The Bertz CT molecular complexity index is 1580. The molecule has 0 radical (unpaired) electrons. The Labute approximate surface area is 311 Å². The molecule has 0 aliphatic rings. The summed E-state index contributed by atoms with van der Waals surface area (Å²) in [4.78, 5) is 40.1. The van der Waals surface area contributed by atoms with Crippen LogP contribution in [-0.4, -0.2) is 82.9 Å². The predicted molar refractivity (Wildman–Crippen MR) is 219 cm³/mol. The SMILES string of the molecule is CCN(CC)CCCC(C)Nc1ccnc2c(NC(=O)CCCCC(=O)Nc3cccc4c(NC(C)CCCN(CC)CC)ccnc34)cccc12. The van der Waals surface area contributed by atoms with Gasteiger partial charge in [-0.1, -0.05) is 52.0 Å². The molecule has 2 heterocycles. The number of nitrogens with one attached hydrogen (secondary N) is 4. The van der Waals surface area contributed by atoms with Gasteiger partial charge in [0, 0.05) is 59.5 Å². The molecule has 2 atom stereocenters. The van der Waals surface area contributed by atoms with Crippen LogP contribution in [-0.2, 0) is 9.59 Å². The molecule has 4 rings (SSSR count). The van der Waals surface area contributed by atoms with Gasteiger partial charge in [-0.05, 0) is 116 Å². The number of anilines is 4. The summed E-state index contributed by atoms with van der Waals surface area (Å²) in [6.45, 7) is 19.8. The van der Waals surface area contributed by atoms with Crippen LogP contribution in [0.1, 0.15) is 92.9 Å². The van der Waals surface area contributed by atoms with Crippen molar-refractivity contribution in [3.8, 4) is 0 Å². The van der Waals surface area contributed by atoms with Crippen LogP contribution in [0.2, 0.25) is 0 Å². The molecule has 4 N–H and O–H groups in total. The third-order valence-electron chi connectivity index (χ3n) is 9.96. The average Bonchev–Trinajstić information content (AvgIpc) is 3.14. The molecule has 0 saturated heterocycles. The summed E-state index contributed by atoms with van der Waals surface area (Å²) in [5.74, 6) is -0.170. The van der Waals surface area contributed by atoms with E-state index >= 15 is 0 Å². The Morgan fingerprint density at radius 2 is 0.981 bits per heavy atom. The van der Waals surface area contributed by atoms with E-state index in [4.69, 9.17) is 0 Å². The van der Waals surface area contributed by atoms with Gasteiger partial charge in [0.15, 0.2) is 0 Å². The molecule has 0 fully saturated rings. The number of aromatic nitrogens is 2. The molecule has 282 valence electrons. The second-order valence-electron chi connectivity index (χ2n) is 13.9. The van der Waals surface area contributed by atoms with Crippen molar-refractivity contribution in [2.24, 2.45) is 0 Å². The summed E-state index contributed by atoms with van der Waals surface area (Å²) >= 11 is 0. The zero-order valence-corrected chi connectivity index (χ0v) is 32.4. The quantitative estimate of drug-likeness (QED) is 0.0565. The van der Waals surface area contributed by atoms with Crippen LogP contribution < -0.4 is 21.3 Å². The van der Waals surface area contributed by atoms with Gasteiger partial charge in [-0.25, -0.2) is 0 Å². The summed E-state index contributed by atoms with van der Waals surface area (Å²) in [7, 11) is 0. The first-order chi connectivity index (χ1) is 25.3. The Kier molecular flexibility index (Phi) is 16.6. The fraction of sp³-hybridized carbons (Fsp3) is 0.524. The van der Waals surface area contributed by atoms with E-state index < -0.39 is 0 Å². The Morgan fingerprint density at radius 1 is 0.577 bits per heavy atom. The average molecular weight is 711 g/mol. The van der Waals surface area contributed by atoms with Crippen LogP contribution in [0.4, 0.5) is 22.7 Å². The summed E-state index contributed by atoms with van der Waals surface area (Å²) in [5, 5.41) is 15.4. The Balaban J connectivity index is 1.24. The van der Waals surface area contributed by atoms with E-state index in [0.29, 0.717) is 49.1 Å². The number of hydrogen-bond donors (Lipinski definition) is 4. The molecule has 0 saturated carbocycles. The van der Waals surface area contributed by atoms with Crippen molar-refractivity contribution in [3.05, 3.63) is 60.9 Å². The maximum Gasteiger partial charge on any atom is 0.224 e. The predicted octanol–water partition coefficient (Wildman–Crippen LogP) is 8.77. The molecule has 10 nitrogen and oxygen atoms in total. The maximum absolute atomic E-state index is 13.0. The zero-order chi connectivity index (χ0) is 37.3. The van der Waals surface area contributed by atoms with Gasteiger partial charge in [-0.3, -0.25) is 19.6 Å². The van der Waals surface area contributed by atoms with Gasteiger partial charge < -0.3 is 31.1 Å². The van der Waals surface area contributed by atoms with Crippen molar-refractivity contribution in [2.45, 2.75) is 105 Å². The van der Waals surface area contributed by atoms with E-state index in [1.807, 2.05) is 48.5 Å². The second-order valence-corrected chi connectivity index (χ2v) is 13.9. The summed E-state index contributed by atoms with van der Waals surface area (Å²) in [6, 6.07) is 16.4. The lowest BCUT2D eigenvalue weighted by molar-refractivity contribution is -0.118. The highest BCUT2D eigenvalue weighted by Crippen LogP contribution is 2.30. The first kappa shape index (κ1) is 40.5. The zero-order valence-electron chi connectivity index (χ0n) is 32.4. The highest BCUT2D eigenvalue weighted by atomic mass is 16.2. The third-order valence-corrected chi connectivity index (χ3v) is 9.96. The van der Waals surface area contributed by atoms with Crippen molar-refractivity contribution >= 4 is 56.4 Å². The molecule has 0 aliphatic carbocycles. The van der Waals surface area contributed by atoms with Gasteiger partial charge in [0.1, 0.15) is 0 Å². The fourth-order valence-electron chi connectivity index (χ4n) is 6.80. The molecule has 4 aromatic rings. The molecule has 2 aromatic heterocycles. The number of nitrogens with zero attached hydrogens (tertiary/aromatic N) is 4. The smallest absolute Gasteiger partial charge is 0.224 e. The van der Waals surface area contributed by atoms with Crippen molar-refractivity contribution in [1.29, 1.82) is 0 Å². The number of hydrogen-bond acceptors (Lipinski definition) is 8. The van der Waals surface area contributed by atoms with Crippen molar-refractivity contribution in [3.63, 3.8) is 0 Å². The topological polar surface area (TPSA) is 115 Å². The molecule has 0 spiro atoms. The van der Waals surface area contributed by atoms with Crippen molar-refractivity contribution in [1.82, 2.24) is 19.8 Å². The summed E-state index contributed by atoms with van der Waals surface area (Å²) in [6.07, 6.45) is 9.85. The highest BCUT2D eigenvalue weighted by molar-refractivity contribution is 6.05. The molecule has 2 amide bonds. The maximum atomic E-state index is 13.0. The molecule has 10 heteroatoms. The lowest BCUT2D eigenvalue weighted by atomic mass is 10.1. The number of fused-ring (bicyclic) bond motifs is 2. The molecular weight excluding hydrogens is 649 g/mol. The van der Waals surface area contributed by atoms with E-state index in [2.05, 4.69) is 82.6 Å². The van der Waals surface area contributed by atoms with E-state index in [1.165, 1.54) is 0 Å². The third kappa shape index (κ3) is 12.2. The molecule has 2 aromatic carbocycles. The van der Waals surface area contributed by atoms with Crippen LogP contribution in [0.5, 0.6) is 0 Å². The van der Waals surface area contributed by atoms with Crippen LogP contribution in [0.25, 0.3) is 21.8 Å². The number of pyridine rings is 2. The molecule has 52 heavy (non-hydrogen) atoms. The van der Waals surface area contributed by atoms with Crippen molar-refractivity contribution in [2.75, 3.05) is 60.5 Å². The first-order valence-corrected chi connectivity index (χ1v) is 19.6. The van der Waals surface area contributed by atoms with Gasteiger partial charge in [-0.2, -0.15) is 0 Å². The van der Waals surface area contributed by atoms with Crippen LogP contribution in [0, 0.1) is 0 Å². The van der Waals surface area contributed by atoms with E-state index in [1.54, 1.807) is 12.4 Å². The van der Waals surface area contributed by atoms with E-state index in [0.717, 1.165) is 98.1 Å². The lowest BCUT2D eigenvalue weighted by Gasteiger charge is -2.21. The number of para-hydroxylation sites is 2. The van der Waals surface area contributed by atoms with Gasteiger partial charge in [0.25, 0.3) is 0 Å². The minimum absolute atomic E-state index is 0.0848. The number of amides is 2. The Hall–Kier alpha value is -4.28. The fourth-order valence-corrected chi connectivity index (χ4v) is 6.80. The van der Waals surface area contributed by atoms with Crippen LogP contribution in [0.15, 0.2) is 60.9 Å². The van der Waals surface area contributed by atoms with Crippen LogP contribution >= 0.6 is 0 Å². The highest BCUT2D eigenvalue weighted by Gasteiger charge is 2.14. The minimum atomic E-state index is -0.0848. The molecular formula is C42H62N8O2. The first-order valence-electron chi connectivity index (χ1n) is 19.6. The summed E-state index contributed by atoms with van der Waals surface area (Å²) in [5.41, 5.74) is 4.97. The largest absolute Gasteiger partial charge is 0.382 e. The number of benzene rings is 2. The molecule has 2 unspecified atom stereocenters. The standard InChI is InChI=1S/C42H62N8O2/c1-7-49(8-2)29-15-17-31(5)45-35-25-27-43-41-33(35)19-13-21-37(41)47-39(51)23-11-12-24-40(52)48-38-22-14-20-34-36(26-28-44-42(34)38)46-32(6)18-16-30-50(9-3)10-4/h13-14,19-22,25-28,31-32H,7-12,15-18,23-24,29-30H2,1-6H3,(H,43,45)(H,44,46)(H,47,51)(H,48,52). The van der Waals surface area contributed by atoms with Crippen molar-refractivity contribution < 1.29 is 9.59 Å². The molecule has 0 bridgehead atoms. The number of carbonyl (C=O) groups excluding carboxylic acids is 2. The monoisotopic (exact) mass is 710 g/mol. The summed E-state index contributed by atoms with van der Waals surface area (Å²) < 4.78 is 0. The van der Waals surface area contributed by atoms with Gasteiger partial charge in [0.2, 0.25) is 11.8 Å². The van der Waals surface area contributed by atoms with Gasteiger partial charge in [0.05, 0.1) is 22.4 Å². The number of carbonyl (C=O) groups is 2. The molecule has 0 aliphatic heterocycles. The van der Waals surface area contributed by atoms with E-state index in [-0.39, 0.29) is 11.8 Å². The normalized spacial score (nSPS) is 12.7. The lowest BCUT2D eigenvalue weighted by Crippen LogP contribution is -2.25. The van der Waals surface area contributed by atoms with E-state index in [9.17, 15) is 9.59 Å².